The van der Waals surface area contributed by atoms with E-state index in [1.807, 2.05) is 49.3 Å². The van der Waals surface area contributed by atoms with Gasteiger partial charge in [-0.3, -0.25) is 0 Å². The summed E-state index contributed by atoms with van der Waals surface area (Å²) < 4.78 is 30.1. The number of rotatable bonds is 17. The summed E-state index contributed by atoms with van der Waals surface area (Å²) in [4.78, 5) is 17.1. The summed E-state index contributed by atoms with van der Waals surface area (Å²) in [5, 5.41) is 6.38. The molecule has 0 bridgehead atoms. The van der Waals surface area contributed by atoms with E-state index >= 15 is 0 Å². The Morgan fingerprint density at radius 3 is 1.78 bits per heavy atom. The van der Waals surface area contributed by atoms with Crippen molar-refractivity contribution in [1.29, 1.82) is 0 Å². The molecule has 0 spiro atoms. The van der Waals surface area contributed by atoms with Gasteiger partial charge in [0.15, 0.2) is 0 Å². The Hall–Kier alpha value is -3.28. The fourth-order valence-electron chi connectivity index (χ4n) is 6.55. The molecule has 0 aromatic heterocycles. The van der Waals surface area contributed by atoms with E-state index in [1.54, 1.807) is 0 Å². The summed E-state index contributed by atoms with van der Waals surface area (Å²) in [6, 6.07) is 22.3. The number of benzene rings is 3. The predicted octanol–water partition coefficient (Wildman–Crippen LogP) is 5.30. The molecule has 5 rings (SSSR count). The molecule has 0 fully saturated rings. The molecular formula is C39H58N6O3S. The molecule has 2 amide bonds. The van der Waals surface area contributed by atoms with E-state index in [-0.39, 0.29) is 0 Å². The number of fused-ring (bicyclic) bond motifs is 2. The van der Waals surface area contributed by atoms with Gasteiger partial charge in [-0.05, 0) is 132 Å². The Balaban J connectivity index is 0.000000302. The maximum atomic E-state index is 13.2. The van der Waals surface area contributed by atoms with Crippen LogP contribution in [0.2, 0.25) is 0 Å². The highest BCUT2D eigenvalue weighted by Gasteiger charge is 2.28. The molecule has 0 heterocycles. The van der Waals surface area contributed by atoms with E-state index in [2.05, 4.69) is 70.7 Å². The van der Waals surface area contributed by atoms with Crippen molar-refractivity contribution in [3.05, 3.63) is 100 Å². The number of anilines is 1. The molecular weight excluding hydrogens is 633 g/mol. The van der Waals surface area contributed by atoms with Gasteiger partial charge in [-0.25, -0.2) is 9.52 Å². The number of nitrogens with zero attached hydrogens (tertiary/aromatic N) is 3. The molecule has 10 heteroatoms. The molecule has 9 nitrogen and oxygen atoms in total. The number of likely N-dealkylation sites (N-methyl/N-ethyl adjacent to an activating group) is 2. The van der Waals surface area contributed by atoms with Crippen LogP contribution >= 0.6 is 0 Å². The van der Waals surface area contributed by atoms with Gasteiger partial charge in [0.05, 0.1) is 0 Å². The summed E-state index contributed by atoms with van der Waals surface area (Å²) in [5.74, 6) is 0. The van der Waals surface area contributed by atoms with E-state index in [0.717, 1.165) is 70.3 Å². The van der Waals surface area contributed by atoms with Crippen LogP contribution in [0, 0.1) is 0 Å². The van der Waals surface area contributed by atoms with Gasteiger partial charge < -0.3 is 20.4 Å². The number of hydrogen-bond acceptors (Lipinski definition) is 6. The zero-order chi connectivity index (χ0) is 35.1. The monoisotopic (exact) mass is 690 g/mol. The predicted molar refractivity (Wildman–Crippen MR) is 203 cm³/mol. The zero-order valence-electron chi connectivity index (χ0n) is 30.1. The van der Waals surface area contributed by atoms with Gasteiger partial charge in [-0.1, -0.05) is 66.7 Å². The average molecular weight is 691 g/mol. The molecule has 0 aliphatic heterocycles. The topological polar surface area (TPSA) is 97.0 Å². The number of carbonyl (C=O) groups is 1. The van der Waals surface area contributed by atoms with Crippen LogP contribution in [0.4, 0.5) is 10.5 Å². The highest BCUT2D eigenvalue weighted by Crippen LogP contribution is 2.38. The highest BCUT2D eigenvalue weighted by atomic mass is 32.2. The van der Waals surface area contributed by atoms with Crippen LogP contribution in [-0.4, -0.2) is 96.0 Å². The second-order valence-electron chi connectivity index (χ2n) is 13.7. The van der Waals surface area contributed by atoms with Crippen molar-refractivity contribution in [2.45, 2.75) is 64.2 Å². The first-order valence-corrected chi connectivity index (χ1v) is 19.4. The van der Waals surface area contributed by atoms with Crippen molar-refractivity contribution >= 4 is 21.9 Å². The molecule has 0 unspecified atom stereocenters. The number of carbonyl (C=O) groups excluding carboxylic acids is 1. The van der Waals surface area contributed by atoms with Crippen molar-refractivity contribution in [3.8, 4) is 0 Å². The van der Waals surface area contributed by atoms with Crippen molar-refractivity contribution in [2.24, 2.45) is 0 Å². The first kappa shape index (κ1) is 38.5. The van der Waals surface area contributed by atoms with Gasteiger partial charge >= 0.3 is 16.2 Å². The van der Waals surface area contributed by atoms with Crippen molar-refractivity contribution in [1.82, 2.24) is 24.1 Å². The highest BCUT2D eigenvalue weighted by molar-refractivity contribution is 7.87. The third kappa shape index (κ3) is 12.8. The molecule has 0 atom stereocenters. The smallest absolute Gasteiger partial charge is 0.315 e. The molecule has 3 aromatic rings. The lowest BCUT2D eigenvalue weighted by Crippen LogP contribution is -2.47. The van der Waals surface area contributed by atoms with Gasteiger partial charge in [0, 0.05) is 38.4 Å². The van der Waals surface area contributed by atoms with Crippen molar-refractivity contribution < 1.29 is 13.2 Å². The number of aryl methyl sites for hydroxylation is 4. The number of amides is 2. The van der Waals surface area contributed by atoms with Crippen LogP contribution in [0.1, 0.15) is 59.1 Å². The summed E-state index contributed by atoms with van der Waals surface area (Å²) in [7, 11) is 4.05. The fraction of sp³-hybridized carbons (Fsp3) is 0.513. The lowest BCUT2D eigenvalue weighted by Gasteiger charge is -2.24. The Kier molecular flexibility index (Phi) is 15.6. The van der Waals surface area contributed by atoms with E-state index in [1.165, 1.54) is 50.5 Å². The third-order valence-corrected chi connectivity index (χ3v) is 10.7. The molecule has 0 saturated heterocycles. The molecule has 3 N–H and O–H groups in total. The second kappa shape index (κ2) is 19.8. The van der Waals surface area contributed by atoms with E-state index in [9.17, 15) is 13.2 Å². The normalized spacial score (nSPS) is 13.7. The van der Waals surface area contributed by atoms with Crippen LogP contribution < -0.4 is 15.4 Å². The summed E-state index contributed by atoms with van der Waals surface area (Å²) in [5.41, 5.74) is 8.41. The molecule has 0 saturated carbocycles. The first-order valence-electron chi connectivity index (χ1n) is 18.0. The standard InChI is InChI=1S/C26H36N4O3S.C13H22N2/c1-29(2)17-18-30(16-8-11-20-9-4-3-5-10-20)34(32,33)28-26(31)27-25-23-14-6-12-21(23)19-22-13-7-15-24(22)25;1-15(2)12-11-14-10-6-9-13-7-4-3-5-8-13/h3-5,9-10,19H,6-8,11-18H2,1-2H3,(H2,27,28,31);3-5,7-8,14H,6,9-12H2,1-2H3. The SMILES string of the molecule is CN(C)CCN(CCCc1ccccc1)S(=O)(=O)NC(=O)Nc1c2c(cc3c1CCC3)CCC2.CN(C)CCNCCCc1ccccc1. The van der Waals surface area contributed by atoms with E-state index < -0.39 is 16.2 Å². The van der Waals surface area contributed by atoms with Crippen LogP contribution in [0.3, 0.4) is 0 Å². The minimum absolute atomic E-state index is 0.320. The van der Waals surface area contributed by atoms with Gasteiger partial charge in [0.2, 0.25) is 0 Å². The van der Waals surface area contributed by atoms with Crippen LogP contribution in [0.25, 0.3) is 0 Å². The maximum absolute atomic E-state index is 13.2. The lowest BCUT2D eigenvalue weighted by molar-refractivity contribution is 0.255. The zero-order valence-corrected chi connectivity index (χ0v) is 31.0. The quantitative estimate of drug-likeness (QED) is 0.167. The van der Waals surface area contributed by atoms with Gasteiger partial charge in [0.1, 0.15) is 0 Å². The lowest BCUT2D eigenvalue weighted by atomic mass is 9.99. The Bertz CT molecular complexity index is 1520. The van der Waals surface area contributed by atoms with Gasteiger partial charge in [-0.2, -0.15) is 12.7 Å². The minimum Gasteiger partial charge on any atom is -0.315 e. The molecule has 3 aromatic carbocycles. The maximum Gasteiger partial charge on any atom is 0.333 e. The fourth-order valence-corrected chi connectivity index (χ4v) is 7.65. The van der Waals surface area contributed by atoms with Gasteiger partial charge in [-0.15, -0.1) is 0 Å². The number of hydrogen-bond donors (Lipinski definition) is 3. The van der Waals surface area contributed by atoms with Crippen LogP contribution in [0.5, 0.6) is 0 Å². The van der Waals surface area contributed by atoms with Crippen LogP contribution in [-0.2, 0) is 48.7 Å². The molecule has 2 aliphatic rings. The summed E-state index contributed by atoms with van der Waals surface area (Å²) >= 11 is 0. The molecule has 0 radical (unpaired) electrons. The second-order valence-corrected chi connectivity index (χ2v) is 15.4. The molecule has 49 heavy (non-hydrogen) atoms. The summed E-state index contributed by atoms with van der Waals surface area (Å²) in [6.45, 7) is 4.56. The van der Waals surface area contributed by atoms with E-state index in [4.69, 9.17) is 0 Å². The Labute approximate surface area is 295 Å². The number of nitrogens with one attached hydrogen (secondary N) is 3. The van der Waals surface area contributed by atoms with Crippen molar-refractivity contribution in [3.63, 3.8) is 0 Å². The van der Waals surface area contributed by atoms with E-state index in [0.29, 0.717) is 26.1 Å². The minimum atomic E-state index is -3.98. The van der Waals surface area contributed by atoms with Gasteiger partial charge in [0.25, 0.3) is 0 Å². The molecule has 268 valence electrons. The Morgan fingerprint density at radius 2 is 1.22 bits per heavy atom. The summed E-state index contributed by atoms with van der Waals surface area (Å²) in [6.07, 6.45) is 9.92. The molecule has 2 aliphatic carbocycles. The van der Waals surface area contributed by atoms with Crippen LogP contribution in [0.15, 0.2) is 66.7 Å². The largest absolute Gasteiger partial charge is 0.333 e. The average Bonchev–Trinajstić information content (AvgIpc) is 3.75. The Morgan fingerprint density at radius 1 is 0.673 bits per heavy atom. The first-order chi connectivity index (χ1) is 23.6. The van der Waals surface area contributed by atoms with Crippen molar-refractivity contribution in [2.75, 3.05) is 72.8 Å². The third-order valence-electron chi connectivity index (χ3n) is 9.18. The number of urea groups is 1.